The molecule has 3 nitrogen and oxygen atoms in total. The zero-order valence-corrected chi connectivity index (χ0v) is 14.6. The van der Waals surface area contributed by atoms with E-state index in [9.17, 15) is 10.3 Å². The van der Waals surface area contributed by atoms with Gasteiger partial charge in [0.15, 0.2) is 0 Å². The van der Waals surface area contributed by atoms with Gasteiger partial charge in [0.1, 0.15) is 0 Å². The van der Waals surface area contributed by atoms with Crippen molar-refractivity contribution in [2.45, 2.75) is 110 Å². The van der Waals surface area contributed by atoms with E-state index >= 15 is 0 Å². The molecular weight excluding hydrogens is 262 g/mol. The van der Waals surface area contributed by atoms with E-state index in [-0.39, 0.29) is 12.6 Å². The molecule has 0 fully saturated rings. The second kappa shape index (κ2) is 14.8. The van der Waals surface area contributed by atoms with E-state index in [0.717, 1.165) is 17.9 Å². The van der Waals surface area contributed by atoms with Gasteiger partial charge in [0.25, 0.3) is 0 Å². The van der Waals surface area contributed by atoms with Gasteiger partial charge in [-0.05, 0) is 19.4 Å². The molecule has 0 bridgehead atoms. The zero-order valence-electron chi connectivity index (χ0n) is 14.6. The lowest BCUT2D eigenvalue weighted by Crippen LogP contribution is -2.33. The molecule has 1 N–H and O–H groups in total. The predicted molar refractivity (Wildman–Crippen MR) is 92.3 cm³/mol. The molecule has 3 heteroatoms. The second-order valence-electron chi connectivity index (χ2n) is 6.62. The SMILES string of the molecule is CCCCCCCCCCCCCC(C)N([O-])CC(C)O. The molecule has 0 heterocycles. The highest BCUT2D eigenvalue weighted by molar-refractivity contribution is 4.69. The van der Waals surface area contributed by atoms with Crippen LogP contribution in [0.4, 0.5) is 0 Å². The Kier molecular flexibility index (Phi) is 14.7. The van der Waals surface area contributed by atoms with Gasteiger partial charge in [-0.3, -0.25) is 0 Å². The monoisotopic (exact) mass is 300 g/mol. The van der Waals surface area contributed by atoms with Gasteiger partial charge in [-0.1, -0.05) is 84.5 Å². The second-order valence-corrected chi connectivity index (χ2v) is 6.62. The molecular formula is C18H38NO2-. The summed E-state index contributed by atoms with van der Waals surface area (Å²) >= 11 is 0. The Balaban J connectivity index is 3.24. The van der Waals surface area contributed by atoms with Crippen molar-refractivity contribution >= 4 is 0 Å². The van der Waals surface area contributed by atoms with E-state index in [2.05, 4.69) is 6.92 Å². The van der Waals surface area contributed by atoms with E-state index in [4.69, 9.17) is 0 Å². The number of nitrogens with zero attached hydrogens (tertiary/aromatic N) is 1. The summed E-state index contributed by atoms with van der Waals surface area (Å²) in [5.41, 5.74) is 0. The summed E-state index contributed by atoms with van der Waals surface area (Å²) in [6.07, 6.45) is 15.2. The van der Waals surface area contributed by atoms with Crippen molar-refractivity contribution in [2.24, 2.45) is 0 Å². The standard InChI is InChI=1S/C18H38NO2/c1-4-5-6-7-8-9-10-11-12-13-14-15-17(2)19(21)16-18(3)20/h17-18,20H,4-16H2,1-3H3/q-1. The van der Waals surface area contributed by atoms with Crippen LogP contribution >= 0.6 is 0 Å². The molecule has 128 valence electrons. The minimum atomic E-state index is -0.526. The number of hydroxylamine groups is 2. The van der Waals surface area contributed by atoms with Gasteiger partial charge in [-0.2, -0.15) is 0 Å². The quantitative estimate of drug-likeness (QED) is 0.331. The van der Waals surface area contributed by atoms with Crippen LogP contribution in [0.15, 0.2) is 0 Å². The number of hydrogen-bond acceptors (Lipinski definition) is 3. The third-order valence-electron chi connectivity index (χ3n) is 4.16. The van der Waals surface area contributed by atoms with Crippen LogP contribution < -0.4 is 0 Å². The molecule has 0 rings (SSSR count). The average molecular weight is 301 g/mol. The molecule has 0 aliphatic heterocycles. The minimum Gasteiger partial charge on any atom is -0.785 e. The maximum Gasteiger partial charge on any atom is 0.0629 e. The van der Waals surface area contributed by atoms with Crippen molar-refractivity contribution in [3.05, 3.63) is 5.21 Å². The third kappa shape index (κ3) is 14.6. The van der Waals surface area contributed by atoms with Gasteiger partial charge in [-0.15, -0.1) is 0 Å². The largest absolute Gasteiger partial charge is 0.785 e. The molecule has 0 amide bonds. The van der Waals surface area contributed by atoms with Crippen LogP contribution in [0.25, 0.3) is 0 Å². The van der Waals surface area contributed by atoms with Crippen LogP contribution in [0.3, 0.4) is 0 Å². The molecule has 0 aromatic rings. The smallest absolute Gasteiger partial charge is 0.0629 e. The third-order valence-corrected chi connectivity index (χ3v) is 4.16. The molecule has 0 radical (unpaired) electrons. The molecule has 0 saturated heterocycles. The van der Waals surface area contributed by atoms with Gasteiger partial charge < -0.3 is 15.4 Å². The summed E-state index contributed by atoms with van der Waals surface area (Å²) in [4.78, 5) is 0. The summed E-state index contributed by atoms with van der Waals surface area (Å²) < 4.78 is 0. The van der Waals surface area contributed by atoms with Crippen molar-refractivity contribution in [1.29, 1.82) is 0 Å². The number of rotatable bonds is 15. The number of hydrogen-bond donors (Lipinski definition) is 1. The minimum absolute atomic E-state index is 0.0400. The highest BCUT2D eigenvalue weighted by Crippen LogP contribution is 2.14. The van der Waals surface area contributed by atoms with Gasteiger partial charge in [-0.25, -0.2) is 0 Å². The Morgan fingerprint density at radius 1 is 0.810 bits per heavy atom. The lowest BCUT2D eigenvalue weighted by atomic mass is 10.0. The fraction of sp³-hybridized carbons (Fsp3) is 1.00. The highest BCUT2D eigenvalue weighted by Gasteiger charge is 2.06. The van der Waals surface area contributed by atoms with E-state index in [1.165, 1.54) is 64.2 Å². The summed E-state index contributed by atoms with van der Waals surface area (Å²) in [5.74, 6) is 0. The predicted octanol–water partition coefficient (Wildman–Crippen LogP) is 5.26. The van der Waals surface area contributed by atoms with E-state index in [1.807, 2.05) is 6.92 Å². The van der Waals surface area contributed by atoms with E-state index < -0.39 is 6.10 Å². The van der Waals surface area contributed by atoms with Crippen molar-refractivity contribution in [1.82, 2.24) is 5.06 Å². The van der Waals surface area contributed by atoms with E-state index in [1.54, 1.807) is 6.92 Å². The Morgan fingerprint density at radius 3 is 1.67 bits per heavy atom. The Bertz CT molecular complexity index is 209. The van der Waals surface area contributed by atoms with Gasteiger partial charge in [0.2, 0.25) is 0 Å². The first-order valence-electron chi connectivity index (χ1n) is 9.19. The first-order chi connectivity index (χ1) is 10.1. The van der Waals surface area contributed by atoms with Crippen molar-refractivity contribution in [3.63, 3.8) is 0 Å². The topological polar surface area (TPSA) is 46.5 Å². The van der Waals surface area contributed by atoms with Gasteiger partial charge >= 0.3 is 0 Å². The Hall–Kier alpha value is -0.120. The summed E-state index contributed by atoms with van der Waals surface area (Å²) in [7, 11) is 0. The lowest BCUT2D eigenvalue weighted by molar-refractivity contribution is 0.131. The lowest BCUT2D eigenvalue weighted by Gasteiger charge is -2.35. The van der Waals surface area contributed by atoms with Crippen LogP contribution in [0.1, 0.15) is 97.8 Å². The van der Waals surface area contributed by atoms with Crippen LogP contribution in [0.2, 0.25) is 0 Å². The molecule has 0 aliphatic carbocycles. The molecule has 0 saturated carbocycles. The molecule has 2 atom stereocenters. The first kappa shape index (κ1) is 20.9. The van der Waals surface area contributed by atoms with Crippen LogP contribution in [-0.2, 0) is 0 Å². The molecule has 0 aromatic heterocycles. The number of aliphatic hydroxyl groups excluding tert-OH is 1. The van der Waals surface area contributed by atoms with Crippen molar-refractivity contribution in [3.8, 4) is 0 Å². The van der Waals surface area contributed by atoms with Crippen molar-refractivity contribution in [2.75, 3.05) is 6.54 Å². The Morgan fingerprint density at radius 2 is 1.24 bits per heavy atom. The molecule has 0 spiro atoms. The number of unbranched alkanes of at least 4 members (excludes halogenated alkanes) is 10. The fourth-order valence-corrected chi connectivity index (χ4v) is 2.69. The Labute approximate surface area is 132 Å². The van der Waals surface area contributed by atoms with E-state index in [0.29, 0.717) is 0 Å². The average Bonchev–Trinajstić information content (AvgIpc) is 2.43. The van der Waals surface area contributed by atoms with Crippen LogP contribution in [0, 0.1) is 5.21 Å². The molecule has 0 aliphatic rings. The first-order valence-corrected chi connectivity index (χ1v) is 9.19. The maximum atomic E-state index is 11.6. The van der Waals surface area contributed by atoms with Crippen molar-refractivity contribution < 1.29 is 5.11 Å². The summed E-state index contributed by atoms with van der Waals surface area (Å²) in [5, 5.41) is 21.8. The highest BCUT2D eigenvalue weighted by atomic mass is 16.5. The van der Waals surface area contributed by atoms with Crippen LogP contribution in [0.5, 0.6) is 0 Å². The summed E-state index contributed by atoms with van der Waals surface area (Å²) in [6.45, 7) is 6.13. The fourth-order valence-electron chi connectivity index (χ4n) is 2.69. The van der Waals surface area contributed by atoms with Gasteiger partial charge in [0.05, 0.1) is 6.10 Å². The van der Waals surface area contributed by atoms with Crippen LogP contribution in [-0.4, -0.2) is 28.9 Å². The maximum absolute atomic E-state index is 11.6. The molecule has 0 aromatic carbocycles. The molecule has 2 unspecified atom stereocenters. The summed E-state index contributed by atoms with van der Waals surface area (Å²) in [6, 6.07) is 0.0400. The molecule has 21 heavy (non-hydrogen) atoms. The normalized spacial score (nSPS) is 14.6. The number of aliphatic hydroxyl groups is 1. The van der Waals surface area contributed by atoms with Gasteiger partial charge in [0, 0.05) is 6.54 Å². The zero-order chi connectivity index (χ0) is 15.9.